The third-order valence-corrected chi connectivity index (χ3v) is 6.13. The molecule has 4 heterocycles. The Morgan fingerprint density at radius 1 is 0.906 bits per heavy atom. The van der Waals surface area contributed by atoms with Crippen molar-refractivity contribution in [3.8, 4) is 11.3 Å². The van der Waals surface area contributed by atoms with Gasteiger partial charge in [0.2, 0.25) is 0 Å². The molecular weight excluding hydrogens is 400 g/mol. The van der Waals surface area contributed by atoms with E-state index in [1.54, 1.807) is 12.5 Å². The van der Waals surface area contributed by atoms with Crippen molar-refractivity contribution in [1.29, 1.82) is 0 Å². The van der Waals surface area contributed by atoms with Crippen LogP contribution in [0.4, 0.5) is 5.82 Å². The second kappa shape index (κ2) is 8.51. The predicted octanol–water partition coefficient (Wildman–Crippen LogP) is 3.21. The second-order valence-corrected chi connectivity index (χ2v) is 8.42. The van der Waals surface area contributed by atoms with Crippen LogP contribution in [0.3, 0.4) is 0 Å². The Hall–Kier alpha value is -3.58. The van der Waals surface area contributed by atoms with Gasteiger partial charge in [0.1, 0.15) is 5.82 Å². The van der Waals surface area contributed by atoms with Gasteiger partial charge in [-0.05, 0) is 36.7 Å². The number of imidazole rings is 1. The average Bonchev–Trinajstić information content (AvgIpc) is 3.25. The van der Waals surface area contributed by atoms with Gasteiger partial charge < -0.3 is 14.4 Å². The van der Waals surface area contributed by atoms with Crippen molar-refractivity contribution in [1.82, 2.24) is 24.4 Å². The monoisotopic (exact) mass is 426 g/mol. The lowest BCUT2D eigenvalue weighted by Crippen LogP contribution is -2.44. The summed E-state index contributed by atoms with van der Waals surface area (Å²) in [5.74, 6) is 0.957. The van der Waals surface area contributed by atoms with Crippen LogP contribution >= 0.6 is 0 Å². The van der Waals surface area contributed by atoms with Gasteiger partial charge in [-0.2, -0.15) is 0 Å². The maximum absolute atomic E-state index is 12.9. The van der Waals surface area contributed by atoms with Gasteiger partial charge >= 0.3 is 0 Å². The zero-order chi connectivity index (χ0) is 22.1. The van der Waals surface area contributed by atoms with E-state index in [4.69, 9.17) is 0 Å². The van der Waals surface area contributed by atoms with Gasteiger partial charge in [0, 0.05) is 67.8 Å². The summed E-state index contributed by atoms with van der Waals surface area (Å²) >= 11 is 0. The first-order valence-corrected chi connectivity index (χ1v) is 10.8. The molecule has 1 aromatic carbocycles. The smallest absolute Gasteiger partial charge is 0.170 e. The van der Waals surface area contributed by atoms with Gasteiger partial charge in [-0.3, -0.25) is 9.78 Å². The molecule has 1 aliphatic rings. The maximum Gasteiger partial charge on any atom is 0.170 e. The van der Waals surface area contributed by atoms with Crippen LogP contribution in [0.25, 0.3) is 22.0 Å². The molecule has 0 atom stereocenters. The molecule has 0 N–H and O–H groups in total. The van der Waals surface area contributed by atoms with Crippen molar-refractivity contribution < 1.29 is 4.79 Å². The lowest BCUT2D eigenvalue weighted by Gasteiger charge is -2.33. The summed E-state index contributed by atoms with van der Waals surface area (Å²) < 4.78 is 1.99. The number of aromatic nitrogens is 4. The lowest BCUT2D eigenvalue weighted by atomic mass is 10.0. The third-order valence-electron chi connectivity index (χ3n) is 6.13. The van der Waals surface area contributed by atoms with E-state index in [9.17, 15) is 4.79 Å². The van der Waals surface area contributed by atoms with Crippen LogP contribution in [0.15, 0.2) is 61.3 Å². The molecule has 4 aromatic rings. The number of fused-ring (bicyclic) bond motifs is 1. The van der Waals surface area contributed by atoms with Crippen LogP contribution in [0.5, 0.6) is 0 Å². The minimum absolute atomic E-state index is 0.0251. The van der Waals surface area contributed by atoms with E-state index in [-0.39, 0.29) is 12.2 Å². The largest absolute Gasteiger partial charge is 0.354 e. The number of carbonyl (C=O) groups excluding carboxylic acids is 1. The number of anilines is 1. The van der Waals surface area contributed by atoms with Crippen molar-refractivity contribution in [2.24, 2.45) is 7.05 Å². The Morgan fingerprint density at radius 3 is 2.47 bits per heavy atom. The molecule has 0 spiro atoms. The van der Waals surface area contributed by atoms with E-state index in [1.807, 2.05) is 42.2 Å². The topological polar surface area (TPSA) is 67.2 Å². The number of piperazine rings is 1. The van der Waals surface area contributed by atoms with E-state index in [1.165, 1.54) is 0 Å². The molecule has 1 aliphatic heterocycles. The minimum Gasteiger partial charge on any atom is -0.354 e. The molecule has 0 bridgehead atoms. The highest BCUT2D eigenvalue weighted by Gasteiger charge is 2.16. The van der Waals surface area contributed by atoms with Crippen molar-refractivity contribution in [2.45, 2.75) is 6.42 Å². The molecule has 162 valence electrons. The first-order chi connectivity index (χ1) is 15.6. The highest BCUT2D eigenvalue weighted by molar-refractivity contribution is 5.97. The zero-order valence-electron chi connectivity index (χ0n) is 18.4. The van der Waals surface area contributed by atoms with Gasteiger partial charge in [-0.1, -0.05) is 12.1 Å². The summed E-state index contributed by atoms with van der Waals surface area (Å²) in [6.07, 6.45) is 7.42. The zero-order valence-corrected chi connectivity index (χ0v) is 18.4. The molecular formula is C25H26N6O. The van der Waals surface area contributed by atoms with Gasteiger partial charge in [-0.15, -0.1) is 0 Å². The number of carbonyl (C=O) groups is 1. The Bertz CT molecular complexity index is 1260. The average molecular weight is 427 g/mol. The fourth-order valence-corrected chi connectivity index (χ4v) is 4.12. The molecule has 1 fully saturated rings. The molecule has 0 saturated carbocycles. The molecule has 32 heavy (non-hydrogen) atoms. The number of pyridine rings is 2. The maximum atomic E-state index is 12.9. The van der Waals surface area contributed by atoms with E-state index < -0.39 is 0 Å². The molecule has 5 rings (SSSR count). The number of benzene rings is 1. The molecule has 0 radical (unpaired) electrons. The summed E-state index contributed by atoms with van der Waals surface area (Å²) in [7, 11) is 4.11. The highest BCUT2D eigenvalue weighted by Crippen LogP contribution is 2.24. The Balaban J connectivity index is 1.32. The molecule has 0 unspecified atom stereocenters. The standard InChI is InChI=1S/C25H26N6O/c1-29-7-9-31(10-8-29)25-6-5-20(15-28-25)24(32)13-22-12-21-11-18(3-4-19(21)14-27-22)23-16-26-17-30(23)2/h3-6,11-12,14-17H,7-10,13H2,1-2H3. The summed E-state index contributed by atoms with van der Waals surface area (Å²) in [6, 6.07) is 12.1. The summed E-state index contributed by atoms with van der Waals surface area (Å²) in [5, 5.41) is 2.11. The fourth-order valence-electron chi connectivity index (χ4n) is 4.12. The van der Waals surface area contributed by atoms with E-state index in [0.29, 0.717) is 5.56 Å². The highest BCUT2D eigenvalue weighted by atomic mass is 16.1. The number of rotatable bonds is 5. The van der Waals surface area contributed by atoms with Crippen LogP contribution < -0.4 is 4.90 Å². The normalized spacial score (nSPS) is 14.8. The Morgan fingerprint density at radius 2 is 1.75 bits per heavy atom. The number of Topliss-reactive ketones (excluding diaryl/α,β-unsaturated/α-hetero) is 1. The van der Waals surface area contributed by atoms with Gasteiger partial charge in [-0.25, -0.2) is 9.97 Å². The summed E-state index contributed by atoms with van der Waals surface area (Å²) in [6.45, 7) is 3.97. The third kappa shape index (κ3) is 4.11. The SMILES string of the molecule is CN1CCN(c2ccc(C(=O)Cc3cc4cc(-c5cncn5C)ccc4cn3)cn2)CC1. The molecule has 0 amide bonds. The first kappa shape index (κ1) is 20.3. The van der Waals surface area contributed by atoms with Crippen molar-refractivity contribution in [3.05, 3.63) is 72.6 Å². The van der Waals surface area contributed by atoms with Gasteiger partial charge in [0.15, 0.2) is 5.78 Å². The van der Waals surface area contributed by atoms with E-state index >= 15 is 0 Å². The Labute approximate surface area is 187 Å². The quantitative estimate of drug-likeness (QED) is 0.457. The predicted molar refractivity (Wildman–Crippen MR) is 126 cm³/mol. The van der Waals surface area contributed by atoms with Crippen LogP contribution in [-0.4, -0.2) is 63.4 Å². The number of hydrogen-bond acceptors (Lipinski definition) is 6. The van der Waals surface area contributed by atoms with E-state index in [0.717, 1.165) is 59.7 Å². The van der Waals surface area contributed by atoms with Crippen LogP contribution in [0.1, 0.15) is 16.1 Å². The second-order valence-electron chi connectivity index (χ2n) is 8.42. The molecule has 3 aromatic heterocycles. The van der Waals surface area contributed by atoms with Gasteiger partial charge in [0.25, 0.3) is 0 Å². The molecule has 0 aliphatic carbocycles. The fraction of sp³-hybridized carbons (Fsp3) is 0.280. The van der Waals surface area contributed by atoms with Crippen molar-refractivity contribution >= 4 is 22.4 Å². The molecule has 1 saturated heterocycles. The molecule has 7 nitrogen and oxygen atoms in total. The van der Waals surface area contributed by atoms with E-state index in [2.05, 4.69) is 50.0 Å². The van der Waals surface area contributed by atoms with Crippen LogP contribution in [0, 0.1) is 0 Å². The van der Waals surface area contributed by atoms with Gasteiger partial charge in [0.05, 0.1) is 24.6 Å². The number of nitrogens with zero attached hydrogens (tertiary/aromatic N) is 6. The van der Waals surface area contributed by atoms with Crippen LogP contribution in [0.2, 0.25) is 0 Å². The number of aryl methyl sites for hydroxylation is 1. The lowest BCUT2D eigenvalue weighted by molar-refractivity contribution is 0.0991. The number of hydrogen-bond donors (Lipinski definition) is 0. The summed E-state index contributed by atoms with van der Waals surface area (Å²) in [4.78, 5) is 30.7. The Kier molecular flexibility index (Phi) is 5.41. The molecule has 7 heteroatoms. The van der Waals surface area contributed by atoms with Crippen molar-refractivity contribution in [2.75, 3.05) is 38.1 Å². The summed E-state index contributed by atoms with van der Waals surface area (Å²) in [5.41, 5.74) is 3.51. The number of ketones is 1. The number of likely N-dealkylation sites (N-methyl/N-ethyl adjacent to an activating group) is 1. The van der Waals surface area contributed by atoms with Crippen molar-refractivity contribution in [3.63, 3.8) is 0 Å². The minimum atomic E-state index is 0.0251. The van der Waals surface area contributed by atoms with Crippen LogP contribution in [-0.2, 0) is 13.5 Å². The first-order valence-electron chi connectivity index (χ1n) is 10.8.